The Kier molecular flexibility index (Phi) is 5.23. The van der Waals surface area contributed by atoms with E-state index >= 15 is 0 Å². The molecule has 0 aliphatic heterocycles. The highest BCUT2D eigenvalue weighted by molar-refractivity contribution is 6.31. The van der Waals surface area contributed by atoms with Crippen molar-refractivity contribution in [2.24, 2.45) is 0 Å². The van der Waals surface area contributed by atoms with E-state index < -0.39 is 17.2 Å². The Morgan fingerprint density at radius 3 is 2.78 bits per heavy atom. The Morgan fingerprint density at radius 2 is 2.11 bits per heavy atom. The smallest absolute Gasteiger partial charge is 0.294 e. The SMILES string of the molecule is Cc1ccc(CN(C)C(=O)c2nc(-c3cccnc3)[nH]c(=O)c2O)cc1Cl. The number of aryl methyl sites for hydroxylation is 1. The number of halogens is 1. The summed E-state index contributed by atoms with van der Waals surface area (Å²) < 4.78 is 0. The Balaban J connectivity index is 1.92. The van der Waals surface area contributed by atoms with Crippen LogP contribution >= 0.6 is 11.6 Å². The second-order valence-corrected chi connectivity index (χ2v) is 6.51. The number of aromatic nitrogens is 3. The van der Waals surface area contributed by atoms with Crippen LogP contribution in [0.5, 0.6) is 5.75 Å². The van der Waals surface area contributed by atoms with Crippen molar-refractivity contribution < 1.29 is 9.90 Å². The first-order valence-corrected chi connectivity index (χ1v) is 8.49. The summed E-state index contributed by atoms with van der Waals surface area (Å²) in [7, 11) is 1.56. The predicted molar refractivity (Wildman–Crippen MR) is 102 cm³/mol. The average molecular weight is 385 g/mol. The van der Waals surface area contributed by atoms with Crippen molar-refractivity contribution in [3.8, 4) is 17.1 Å². The number of pyridine rings is 1. The van der Waals surface area contributed by atoms with E-state index in [1.165, 1.54) is 11.1 Å². The van der Waals surface area contributed by atoms with E-state index in [1.807, 2.05) is 19.1 Å². The number of nitrogens with one attached hydrogen (secondary N) is 1. The zero-order chi connectivity index (χ0) is 19.6. The zero-order valence-electron chi connectivity index (χ0n) is 14.7. The summed E-state index contributed by atoms with van der Waals surface area (Å²) in [5.74, 6) is -1.15. The minimum Gasteiger partial charge on any atom is -0.501 e. The Labute approximate surface area is 160 Å². The number of rotatable bonds is 4. The van der Waals surface area contributed by atoms with Crippen molar-refractivity contribution in [2.45, 2.75) is 13.5 Å². The third kappa shape index (κ3) is 3.98. The molecule has 8 heteroatoms. The van der Waals surface area contributed by atoms with E-state index in [2.05, 4.69) is 15.0 Å². The van der Waals surface area contributed by atoms with Crippen LogP contribution in [0.2, 0.25) is 5.02 Å². The summed E-state index contributed by atoms with van der Waals surface area (Å²) in [6, 6.07) is 8.86. The molecule has 2 N–H and O–H groups in total. The van der Waals surface area contributed by atoms with Gasteiger partial charge in [0.15, 0.2) is 5.69 Å². The highest BCUT2D eigenvalue weighted by Gasteiger charge is 2.22. The molecule has 0 spiro atoms. The minimum absolute atomic E-state index is 0.154. The summed E-state index contributed by atoms with van der Waals surface area (Å²) >= 11 is 6.12. The van der Waals surface area contributed by atoms with Gasteiger partial charge in [-0.25, -0.2) is 4.98 Å². The molecule has 3 rings (SSSR count). The number of H-pyrrole nitrogens is 1. The van der Waals surface area contributed by atoms with Crippen LogP contribution < -0.4 is 5.56 Å². The second kappa shape index (κ2) is 7.59. The van der Waals surface area contributed by atoms with E-state index in [0.29, 0.717) is 10.6 Å². The summed E-state index contributed by atoms with van der Waals surface area (Å²) in [5, 5.41) is 10.6. The third-order valence-corrected chi connectivity index (χ3v) is 4.44. The first-order chi connectivity index (χ1) is 12.9. The molecular weight excluding hydrogens is 368 g/mol. The van der Waals surface area contributed by atoms with Crippen molar-refractivity contribution in [1.82, 2.24) is 19.9 Å². The van der Waals surface area contributed by atoms with Gasteiger partial charge < -0.3 is 15.0 Å². The highest BCUT2D eigenvalue weighted by atomic mass is 35.5. The molecule has 0 fully saturated rings. The normalized spacial score (nSPS) is 10.6. The second-order valence-electron chi connectivity index (χ2n) is 6.10. The Bertz CT molecular complexity index is 1050. The number of aromatic amines is 1. The number of nitrogens with zero attached hydrogens (tertiary/aromatic N) is 3. The fourth-order valence-corrected chi connectivity index (χ4v) is 2.72. The van der Waals surface area contributed by atoms with E-state index in [1.54, 1.807) is 31.4 Å². The summed E-state index contributed by atoms with van der Waals surface area (Å²) in [4.78, 5) is 36.7. The minimum atomic E-state index is -0.793. The van der Waals surface area contributed by atoms with Crippen molar-refractivity contribution in [1.29, 1.82) is 0 Å². The molecule has 0 saturated heterocycles. The first-order valence-electron chi connectivity index (χ1n) is 8.11. The van der Waals surface area contributed by atoms with Gasteiger partial charge in [-0.05, 0) is 36.2 Å². The van der Waals surface area contributed by atoms with Crippen LogP contribution in [0.25, 0.3) is 11.4 Å². The average Bonchev–Trinajstić information content (AvgIpc) is 2.67. The number of hydrogen-bond acceptors (Lipinski definition) is 5. The van der Waals surface area contributed by atoms with E-state index in [-0.39, 0.29) is 18.1 Å². The lowest BCUT2D eigenvalue weighted by atomic mass is 10.1. The van der Waals surface area contributed by atoms with Gasteiger partial charge in [0.1, 0.15) is 5.82 Å². The molecule has 1 aromatic carbocycles. The van der Waals surface area contributed by atoms with Crippen molar-refractivity contribution >= 4 is 17.5 Å². The number of carbonyl (C=O) groups is 1. The molecule has 0 unspecified atom stereocenters. The van der Waals surface area contributed by atoms with Crippen molar-refractivity contribution in [2.75, 3.05) is 7.05 Å². The van der Waals surface area contributed by atoms with Crippen LogP contribution in [0.4, 0.5) is 0 Å². The quantitative estimate of drug-likeness (QED) is 0.720. The molecule has 138 valence electrons. The molecule has 0 radical (unpaired) electrons. The van der Waals surface area contributed by atoms with Gasteiger partial charge >= 0.3 is 0 Å². The highest BCUT2D eigenvalue weighted by Crippen LogP contribution is 2.20. The van der Waals surface area contributed by atoms with Crippen LogP contribution in [0.1, 0.15) is 21.6 Å². The summed E-state index contributed by atoms with van der Waals surface area (Å²) in [6.45, 7) is 2.13. The van der Waals surface area contributed by atoms with Gasteiger partial charge in [-0.1, -0.05) is 23.7 Å². The van der Waals surface area contributed by atoms with Gasteiger partial charge in [0.25, 0.3) is 11.5 Å². The molecule has 27 heavy (non-hydrogen) atoms. The molecule has 1 amide bonds. The van der Waals surface area contributed by atoms with Gasteiger partial charge in [-0.3, -0.25) is 14.6 Å². The summed E-state index contributed by atoms with van der Waals surface area (Å²) in [5.41, 5.74) is 1.16. The van der Waals surface area contributed by atoms with Crippen LogP contribution in [-0.4, -0.2) is 37.9 Å². The van der Waals surface area contributed by atoms with Gasteiger partial charge in [0.2, 0.25) is 5.75 Å². The molecule has 2 heterocycles. The van der Waals surface area contributed by atoms with Gasteiger partial charge in [-0.2, -0.15) is 0 Å². The lowest BCUT2D eigenvalue weighted by Gasteiger charge is -2.18. The van der Waals surface area contributed by atoms with E-state index in [4.69, 9.17) is 11.6 Å². The Morgan fingerprint density at radius 1 is 1.33 bits per heavy atom. The van der Waals surface area contributed by atoms with E-state index in [0.717, 1.165) is 11.1 Å². The van der Waals surface area contributed by atoms with Crippen LogP contribution in [0, 0.1) is 6.92 Å². The number of hydrogen-bond donors (Lipinski definition) is 2. The molecule has 0 atom stereocenters. The van der Waals surface area contributed by atoms with Crippen molar-refractivity contribution in [3.63, 3.8) is 0 Å². The molecule has 7 nitrogen and oxygen atoms in total. The Hall–Kier alpha value is -3.19. The largest absolute Gasteiger partial charge is 0.501 e. The maximum absolute atomic E-state index is 12.8. The van der Waals surface area contributed by atoms with Crippen LogP contribution in [-0.2, 0) is 6.54 Å². The zero-order valence-corrected chi connectivity index (χ0v) is 15.5. The van der Waals surface area contributed by atoms with E-state index in [9.17, 15) is 14.7 Å². The van der Waals surface area contributed by atoms with Crippen molar-refractivity contribution in [3.05, 3.63) is 74.9 Å². The molecular formula is C19H17ClN4O3. The van der Waals surface area contributed by atoms with Gasteiger partial charge in [-0.15, -0.1) is 0 Å². The molecule has 3 aromatic rings. The predicted octanol–water partition coefficient (Wildman–Crippen LogP) is 2.77. The number of benzene rings is 1. The monoisotopic (exact) mass is 384 g/mol. The van der Waals surface area contributed by atoms with Crippen LogP contribution in [0.15, 0.2) is 47.5 Å². The third-order valence-electron chi connectivity index (χ3n) is 4.04. The molecule has 0 bridgehead atoms. The maximum Gasteiger partial charge on any atom is 0.294 e. The molecule has 0 aliphatic rings. The standard InChI is InChI=1S/C19H17ClN4O3/c1-11-5-6-12(8-14(11)20)10-24(2)19(27)15-16(25)18(26)23-17(22-15)13-4-3-7-21-9-13/h3-9,25H,10H2,1-2H3,(H,22,23,26). The number of amides is 1. The maximum atomic E-state index is 12.8. The molecule has 0 saturated carbocycles. The molecule has 0 aliphatic carbocycles. The van der Waals surface area contributed by atoms with Gasteiger partial charge in [0.05, 0.1) is 0 Å². The first kappa shape index (κ1) is 18.6. The number of aromatic hydroxyl groups is 1. The van der Waals surface area contributed by atoms with Crippen LogP contribution in [0.3, 0.4) is 0 Å². The van der Waals surface area contributed by atoms with Gasteiger partial charge in [0, 0.05) is 36.6 Å². The molecule has 2 aromatic heterocycles. The fourth-order valence-electron chi connectivity index (χ4n) is 2.52. The fraction of sp³-hybridized carbons (Fsp3) is 0.158. The lowest BCUT2D eigenvalue weighted by Crippen LogP contribution is -2.29. The number of carbonyl (C=O) groups excluding carboxylic acids is 1. The summed E-state index contributed by atoms with van der Waals surface area (Å²) in [6.07, 6.45) is 3.08. The lowest BCUT2D eigenvalue weighted by molar-refractivity contribution is 0.0775. The topological polar surface area (TPSA) is 99.2 Å².